The number of carboxylic acids is 1. The van der Waals surface area contributed by atoms with Gasteiger partial charge in [-0.15, -0.1) is 0 Å². The molecule has 0 aromatic heterocycles. The minimum Gasteiger partial charge on any atom is -0.496 e. The molecular weight excluding hydrogens is 260 g/mol. The van der Waals surface area contributed by atoms with Crippen molar-refractivity contribution >= 4 is 11.9 Å². The van der Waals surface area contributed by atoms with Crippen LogP contribution >= 0.6 is 0 Å². The van der Waals surface area contributed by atoms with E-state index in [0.717, 1.165) is 5.57 Å². The minimum atomic E-state index is -0.911. The molecule has 3 N–H and O–H groups in total. The van der Waals surface area contributed by atoms with Crippen LogP contribution in [0.15, 0.2) is 35.6 Å². The molecule has 6 heteroatoms. The van der Waals surface area contributed by atoms with Gasteiger partial charge in [-0.25, -0.2) is 0 Å². The van der Waals surface area contributed by atoms with Crippen molar-refractivity contribution in [3.63, 3.8) is 0 Å². The molecule has 0 bridgehead atoms. The zero-order chi connectivity index (χ0) is 15.7. The number of hydrogen-bond donors (Lipinski definition) is 3. The second-order valence-corrected chi connectivity index (χ2v) is 4.19. The van der Waals surface area contributed by atoms with Crippen LogP contribution in [-0.4, -0.2) is 44.2 Å². The quantitative estimate of drug-likeness (QED) is 0.349. The lowest BCUT2D eigenvalue weighted by Gasteiger charge is -2.11. The van der Waals surface area contributed by atoms with Crippen molar-refractivity contribution in [3.05, 3.63) is 35.6 Å². The summed E-state index contributed by atoms with van der Waals surface area (Å²) in [4.78, 5) is 22.3. The summed E-state index contributed by atoms with van der Waals surface area (Å²) < 4.78 is 5.09. The molecule has 0 saturated carbocycles. The number of carboxylic acid groups (broad SMARTS) is 1. The third-order valence-electron chi connectivity index (χ3n) is 2.71. The van der Waals surface area contributed by atoms with E-state index in [2.05, 4.69) is 17.2 Å². The lowest BCUT2D eigenvalue weighted by Crippen LogP contribution is -2.33. The van der Waals surface area contributed by atoms with Crippen molar-refractivity contribution in [2.45, 2.75) is 19.4 Å². The molecule has 0 aromatic rings. The van der Waals surface area contributed by atoms with Crippen LogP contribution in [0.5, 0.6) is 0 Å². The highest BCUT2D eigenvalue weighted by molar-refractivity contribution is 5.96. The summed E-state index contributed by atoms with van der Waals surface area (Å²) in [5.74, 6) is -0.909. The van der Waals surface area contributed by atoms with E-state index in [0.29, 0.717) is 12.2 Å². The summed E-state index contributed by atoms with van der Waals surface area (Å²) in [6.07, 6.45) is 3.66. The fourth-order valence-corrected chi connectivity index (χ4v) is 1.48. The van der Waals surface area contributed by atoms with Crippen LogP contribution in [0.1, 0.15) is 13.3 Å². The molecule has 1 atom stereocenters. The highest BCUT2D eigenvalue weighted by Gasteiger charge is 2.15. The lowest BCUT2D eigenvalue weighted by atomic mass is 10.1. The molecule has 0 radical (unpaired) electrons. The first-order valence-corrected chi connectivity index (χ1v) is 6.10. The van der Waals surface area contributed by atoms with Gasteiger partial charge in [-0.1, -0.05) is 18.2 Å². The number of methoxy groups -OCH3 is 1. The van der Waals surface area contributed by atoms with Crippen LogP contribution in [0, 0.1) is 0 Å². The number of allylic oxidation sites excluding steroid dienone is 2. The number of carbonyl (C=O) groups excluding carboxylic acids is 1. The molecule has 0 aliphatic carbocycles. The van der Waals surface area contributed by atoms with Gasteiger partial charge in [-0.3, -0.25) is 9.59 Å². The molecule has 0 unspecified atom stereocenters. The number of ether oxygens (including phenoxy) is 1. The normalized spacial score (nSPS) is 13.6. The number of likely N-dealkylation sites (N-methyl/N-ethyl adjacent to an activating group) is 2. The van der Waals surface area contributed by atoms with E-state index in [1.807, 2.05) is 0 Å². The second-order valence-electron chi connectivity index (χ2n) is 4.19. The van der Waals surface area contributed by atoms with E-state index in [-0.39, 0.29) is 11.5 Å². The summed E-state index contributed by atoms with van der Waals surface area (Å²) in [5, 5.41) is 14.1. The number of nitrogens with one attached hydrogen (secondary N) is 2. The Morgan fingerprint density at radius 1 is 1.35 bits per heavy atom. The van der Waals surface area contributed by atoms with E-state index in [1.165, 1.54) is 14.2 Å². The molecule has 1 amide bonds. The first-order chi connectivity index (χ1) is 9.37. The molecule has 6 nitrogen and oxygen atoms in total. The van der Waals surface area contributed by atoms with Gasteiger partial charge in [0.15, 0.2) is 0 Å². The minimum absolute atomic E-state index is 0.211. The third-order valence-corrected chi connectivity index (χ3v) is 2.71. The number of carbonyl (C=O) groups is 2. The van der Waals surface area contributed by atoms with E-state index < -0.39 is 12.0 Å². The van der Waals surface area contributed by atoms with Crippen molar-refractivity contribution in [2.24, 2.45) is 0 Å². The van der Waals surface area contributed by atoms with Gasteiger partial charge < -0.3 is 20.5 Å². The molecule has 0 fully saturated rings. The zero-order valence-electron chi connectivity index (χ0n) is 12.3. The third kappa shape index (κ3) is 5.71. The topological polar surface area (TPSA) is 87.7 Å². The van der Waals surface area contributed by atoms with Gasteiger partial charge >= 0.3 is 5.97 Å². The van der Waals surface area contributed by atoms with Gasteiger partial charge in [-0.05, 0) is 26.5 Å². The Balaban J connectivity index is 4.93. The van der Waals surface area contributed by atoms with Gasteiger partial charge in [0, 0.05) is 7.05 Å². The number of amides is 1. The van der Waals surface area contributed by atoms with Crippen molar-refractivity contribution < 1.29 is 19.4 Å². The molecular formula is C14H22N2O4. The van der Waals surface area contributed by atoms with Crippen LogP contribution in [0.2, 0.25) is 0 Å². The summed E-state index contributed by atoms with van der Waals surface area (Å²) in [7, 11) is 4.54. The highest BCUT2D eigenvalue weighted by atomic mass is 16.5. The number of aliphatic carboxylic acids is 1. The van der Waals surface area contributed by atoms with E-state index in [9.17, 15) is 9.59 Å². The van der Waals surface area contributed by atoms with Crippen molar-refractivity contribution in [3.8, 4) is 0 Å². The molecule has 0 spiro atoms. The summed E-state index contributed by atoms with van der Waals surface area (Å²) in [5.41, 5.74) is 1.05. The van der Waals surface area contributed by atoms with Gasteiger partial charge in [0.1, 0.15) is 11.8 Å². The van der Waals surface area contributed by atoms with Gasteiger partial charge in [0.25, 0.3) is 5.91 Å². The summed E-state index contributed by atoms with van der Waals surface area (Å²) >= 11 is 0. The Hall–Kier alpha value is -2.08. The standard InChI is InChI=1S/C14H22N2O4/c1-9(8-11(15-3)14(18)19)6-7-12(20-5)10(2)13(17)16-4/h6-7,11,15H,2,8H2,1,3-5H3,(H,16,17)(H,18,19)/b9-6+,12-7+/t11-/m0/s1. The largest absolute Gasteiger partial charge is 0.496 e. The van der Waals surface area contributed by atoms with Crippen LogP contribution in [-0.2, 0) is 14.3 Å². The van der Waals surface area contributed by atoms with Crippen LogP contribution < -0.4 is 10.6 Å². The predicted octanol–water partition coefficient (Wildman–Crippen LogP) is 0.828. The first kappa shape index (κ1) is 17.9. The molecule has 112 valence electrons. The molecule has 0 saturated heterocycles. The van der Waals surface area contributed by atoms with Crippen molar-refractivity contribution in [1.29, 1.82) is 0 Å². The maximum Gasteiger partial charge on any atom is 0.321 e. The Labute approximate surface area is 119 Å². The van der Waals surface area contributed by atoms with Gasteiger partial charge in [0.2, 0.25) is 0 Å². The lowest BCUT2D eigenvalue weighted by molar-refractivity contribution is -0.139. The Bertz CT molecular complexity index is 438. The molecule has 0 aromatic carbocycles. The molecule has 0 rings (SSSR count). The first-order valence-electron chi connectivity index (χ1n) is 6.10. The average Bonchev–Trinajstić information content (AvgIpc) is 2.43. The van der Waals surface area contributed by atoms with Crippen LogP contribution in [0.25, 0.3) is 0 Å². The summed E-state index contributed by atoms with van der Waals surface area (Å²) in [6, 6.07) is -0.646. The van der Waals surface area contributed by atoms with E-state index in [1.54, 1.807) is 26.1 Å². The Morgan fingerprint density at radius 2 is 1.95 bits per heavy atom. The van der Waals surface area contributed by atoms with Crippen LogP contribution in [0.3, 0.4) is 0 Å². The summed E-state index contributed by atoms with van der Waals surface area (Å²) in [6.45, 7) is 5.44. The second kappa shape index (κ2) is 8.92. The molecule has 20 heavy (non-hydrogen) atoms. The monoisotopic (exact) mass is 282 g/mol. The molecule has 0 aliphatic heterocycles. The Kier molecular flexibility index (Phi) is 8.00. The van der Waals surface area contributed by atoms with Crippen LogP contribution in [0.4, 0.5) is 0 Å². The fraction of sp³-hybridized carbons (Fsp3) is 0.429. The predicted molar refractivity (Wildman–Crippen MR) is 77.2 cm³/mol. The average molecular weight is 282 g/mol. The fourth-order valence-electron chi connectivity index (χ4n) is 1.48. The zero-order valence-corrected chi connectivity index (χ0v) is 12.3. The highest BCUT2D eigenvalue weighted by Crippen LogP contribution is 2.11. The number of rotatable bonds is 8. The SMILES string of the molecule is C=C(C(=O)NC)/C(=C\C=C(/C)C[C@H](NC)C(=O)O)OC. The smallest absolute Gasteiger partial charge is 0.321 e. The van der Waals surface area contributed by atoms with E-state index >= 15 is 0 Å². The molecule has 0 aliphatic rings. The molecule has 0 heterocycles. The van der Waals surface area contributed by atoms with Crippen molar-refractivity contribution in [1.82, 2.24) is 10.6 Å². The maximum absolute atomic E-state index is 11.4. The number of hydrogen-bond acceptors (Lipinski definition) is 4. The van der Waals surface area contributed by atoms with Gasteiger partial charge in [0.05, 0.1) is 12.7 Å². The Morgan fingerprint density at radius 3 is 2.35 bits per heavy atom. The maximum atomic E-state index is 11.4. The van der Waals surface area contributed by atoms with E-state index in [4.69, 9.17) is 9.84 Å². The van der Waals surface area contributed by atoms with Crippen molar-refractivity contribution in [2.75, 3.05) is 21.2 Å². The van der Waals surface area contributed by atoms with Gasteiger partial charge in [-0.2, -0.15) is 0 Å².